The summed E-state index contributed by atoms with van der Waals surface area (Å²) < 4.78 is 11.4. The van der Waals surface area contributed by atoms with Crippen molar-refractivity contribution >= 4 is 23.3 Å². The lowest BCUT2D eigenvalue weighted by atomic mass is 10.00. The van der Waals surface area contributed by atoms with Crippen molar-refractivity contribution in [3.8, 4) is 0 Å². The number of carbonyl (C=O) groups is 2. The van der Waals surface area contributed by atoms with E-state index in [0.29, 0.717) is 19.3 Å². The van der Waals surface area contributed by atoms with Gasteiger partial charge in [0.2, 0.25) is 0 Å². The maximum atomic E-state index is 12.6. The van der Waals surface area contributed by atoms with Crippen molar-refractivity contribution in [3.05, 3.63) is 63.7 Å². The molecule has 1 aromatic heterocycles. The Morgan fingerprint density at radius 2 is 1.97 bits per heavy atom. The summed E-state index contributed by atoms with van der Waals surface area (Å²) in [7, 11) is 4.11. The first-order valence-corrected chi connectivity index (χ1v) is 14.2. The summed E-state index contributed by atoms with van der Waals surface area (Å²) in [5.74, 6) is -0.279. The van der Waals surface area contributed by atoms with Gasteiger partial charge in [-0.2, -0.15) is 0 Å². The number of nitrogens with zero attached hydrogens (tertiary/aromatic N) is 2. The van der Waals surface area contributed by atoms with Gasteiger partial charge in [-0.15, -0.1) is 11.3 Å². The SMILES string of the molecule is CC(/C=C/C(C)C[C@@H]1Cc2nc(cs2)CCCCC(=O)O[C@@H](C)C/C(C)=C/C=C\C(=O)O1)=C\CN(C)C. The van der Waals surface area contributed by atoms with Crippen LogP contribution >= 0.6 is 11.3 Å². The van der Waals surface area contributed by atoms with Crippen molar-refractivity contribution in [3.63, 3.8) is 0 Å². The molecule has 2 rings (SSSR count). The van der Waals surface area contributed by atoms with Gasteiger partial charge < -0.3 is 14.4 Å². The van der Waals surface area contributed by atoms with Gasteiger partial charge in [0.15, 0.2) is 0 Å². The first kappa shape index (κ1) is 30.7. The van der Waals surface area contributed by atoms with Gasteiger partial charge in [-0.3, -0.25) is 4.79 Å². The summed E-state index contributed by atoms with van der Waals surface area (Å²) in [5.41, 5.74) is 3.28. The maximum absolute atomic E-state index is 12.6. The molecule has 0 amide bonds. The predicted octanol–water partition coefficient (Wildman–Crippen LogP) is 6.24. The summed E-state index contributed by atoms with van der Waals surface area (Å²) in [6, 6.07) is 0. The second-order valence-electron chi connectivity index (χ2n) is 10.4. The van der Waals surface area contributed by atoms with Gasteiger partial charge >= 0.3 is 11.9 Å². The Hall–Kier alpha value is -2.51. The third-order valence-electron chi connectivity index (χ3n) is 6.00. The third-order valence-corrected chi connectivity index (χ3v) is 6.92. The van der Waals surface area contributed by atoms with Crippen LogP contribution in [0.15, 0.2) is 53.0 Å². The molecular weight excluding hydrogens is 484 g/mol. The highest BCUT2D eigenvalue weighted by Gasteiger charge is 2.19. The Morgan fingerprint density at radius 3 is 2.73 bits per heavy atom. The normalized spacial score (nSPS) is 24.4. The Labute approximate surface area is 227 Å². The molecule has 0 saturated heterocycles. The number of aromatic nitrogens is 1. The van der Waals surface area contributed by atoms with Gasteiger partial charge in [-0.25, -0.2) is 9.78 Å². The van der Waals surface area contributed by atoms with Gasteiger partial charge in [-0.05, 0) is 66.5 Å². The number of cyclic esters (lactones) is 2. The van der Waals surface area contributed by atoms with Crippen molar-refractivity contribution in [2.24, 2.45) is 5.92 Å². The molecule has 1 unspecified atom stereocenters. The lowest BCUT2D eigenvalue weighted by Gasteiger charge is -2.18. The topological polar surface area (TPSA) is 68.7 Å². The highest BCUT2D eigenvalue weighted by Crippen LogP contribution is 2.21. The van der Waals surface area contributed by atoms with Crippen molar-refractivity contribution in [1.29, 1.82) is 0 Å². The lowest BCUT2D eigenvalue weighted by Crippen LogP contribution is -2.22. The van der Waals surface area contributed by atoms with E-state index in [4.69, 9.17) is 14.5 Å². The molecule has 3 atom stereocenters. The number of thiazole rings is 1. The zero-order chi connectivity index (χ0) is 27.2. The molecule has 0 spiro atoms. The molecule has 1 aliphatic rings. The zero-order valence-corrected chi connectivity index (χ0v) is 24.2. The smallest absolute Gasteiger partial charge is 0.331 e. The first-order valence-electron chi connectivity index (χ1n) is 13.3. The summed E-state index contributed by atoms with van der Waals surface area (Å²) >= 11 is 1.61. The second-order valence-corrected chi connectivity index (χ2v) is 11.3. The van der Waals surface area contributed by atoms with Crippen LogP contribution in [0.5, 0.6) is 0 Å². The summed E-state index contributed by atoms with van der Waals surface area (Å²) in [6.07, 6.45) is 16.0. The van der Waals surface area contributed by atoms with E-state index in [0.717, 1.165) is 48.5 Å². The molecule has 1 aliphatic heterocycles. The van der Waals surface area contributed by atoms with Gasteiger partial charge in [-0.1, -0.05) is 48.5 Å². The number of esters is 2. The molecule has 0 aliphatic carbocycles. The standard InChI is InChI=1S/C30H44N2O4S/c1-22(16-17-32(5)6)14-15-24(3)19-27-20-28-31-26(21-37-28)11-7-8-12-29(33)35-25(4)18-23(2)10-9-13-30(34)36-27/h9-10,13-16,21,24-25,27H,7-8,11-12,17-20H2,1-6H3/b13-9-,15-14+,22-16+,23-10+/t24?,25-,27+/m0/s1. The maximum Gasteiger partial charge on any atom is 0.331 e. The summed E-state index contributed by atoms with van der Waals surface area (Å²) in [6.45, 7) is 9.02. The first-order chi connectivity index (χ1) is 17.6. The largest absolute Gasteiger partial charge is 0.462 e. The highest BCUT2D eigenvalue weighted by atomic mass is 32.1. The number of hydrogen-bond donors (Lipinski definition) is 0. The van der Waals surface area contributed by atoms with Crippen LogP contribution in [0, 0.1) is 5.92 Å². The number of aryl methyl sites for hydroxylation is 1. The minimum absolute atomic E-state index is 0.161. The second kappa shape index (κ2) is 16.4. The molecule has 1 aromatic rings. The van der Waals surface area contributed by atoms with E-state index in [2.05, 4.69) is 56.5 Å². The lowest BCUT2D eigenvalue weighted by molar-refractivity contribution is -0.148. The fourth-order valence-corrected chi connectivity index (χ4v) is 4.94. The number of likely N-dealkylation sites (N-methyl/N-ethyl adjacent to an activating group) is 1. The Bertz CT molecular complexity index is 989. The van der Waals surface area contributed by atoms with Crippen LogP contribution in [0.3, 0.4) is 0 Å². The minimum Gasteiger partial charge on any atom is -0.462 e. The molecule has 6 nitrogen and oxygen atoms in total. The van der Waals surface area contributed by atoms with E-state index in [1.165, 1.54) is 11.6 Å². The van der Waals surface area contributed by atoms with E-state index < -0.39 is 0 Å². The van der Waals surface area contributed by atoms with E-state index in [1.54, 1.807) is 17.4 Å². The average molecular weight is 529 g/mol. The van der Waals surface area contributed by atoms with Crippen molar-refractivity contribution < 1.29 is 19.1 Å². The molecule has 0 aromatic carbocycles. The van der Waals surface area contributed by atoms with Gasteiger partial charge in [0, 0.05) is 37.3 Å². The number of ether oxygens (including phenoxy) is 2. The number of hydrogen-bond acceptors (Lipinski definition) is 7. The highest BCUT2D eigenvalue weighted by molar-refractivity contribution is 7.09. The molecule has 0 radical (unpaired) electrons. The quantitative estimate of drug-likeness (QED) is 0.322. The van der Waals surface area contributed by atoms with E-state index in [1.807, 2.05) is 19.9 Å². The molecule has 37 heavy (non-hydrogen) atoms. The number of allylic oxidation sites excluding steroid dienone is 5. The molecule has 0 N–H and O–H groups in total. The average Bonchev–Trinajstić information content (AvgIpc) is 3.25. The minimum atomic E-state index is -0.360. The number of rotatable bonds is 6. The van der Waals surface area contributed by atoms with Crippen LogP contribution in [0.1, 0.15) is 70.5 Å². The monoisotopic (exact) mass is 528 g/mol. The van der Waals surface area contributed by atoms with Crippen molar-refractivity contribution in [2.45, 2.75) is 84.8 Å². The van der Waals surface area contributed by atoms with Crippen molar-refractivity contribution in [1.82, 2.24) is 9.88 Å². The Kier molecular flexibility index (Phi) is 13.6. The molecule has 2 heterocycles. The van der Waals surface area contributed by atoms with Crippen LogP contribution in [0.2, 0.25) is 0 Å². The fraction of sp³-hybridized carbons (Fsp3) is 0.567. The van der Waals surface area contributed by atoms with E-state index in [9.17, 15) is 9.59 Å². The third kappa shape index (κ3) is 13.6. The van der Waals surface area contributed by atoms with Crippen LogP contribution in [0.4, 0.5) is 0 Å². The number of carbonyl (C=O) groups excluding carboxylic acids is 2. The molecule has 0 fully saturated rings. The summed E-state index contributed by atoms with van der Waals surface area (Å²) in [4.78, 5) is 31.7. The van der Waals surface area contributed by atoms with Crippen LogP contribution < -0.4 is 0 Å². The Balaban J connectivity index is 2.14. The zero-order valence-electron chi connectivity index (χ0n) is 23.4. The fourth-order valence-electron chi connectivity index (χ4n) is 4.05. The number of fused-ring (bicyclic) bond motifs is 2. The van der Waals surface area contributed by atoms with Gasteiger partial charge in [0.05, 0.1) is 10.7 Å². The van der Waals surface area contributed by atoms with Crippen LogP contribution in [0.25, 0.3) is 0 Å². The molecular formula is C30H44N2O4S. The molecule has 7 heteroatoms. The van der Waals surface area contributed by atoms with Crippen molar-refractivity contribution in [2.75, 3.05) is 20.6 Å². The van der Waals surface area contributed by atoms with Crippen LogP contribution in [-0.2, 0) is 31.9 Å². The van der Waals surface area contributed by atoms with Gasteiger partial charge in [0.25, 0.3) is 0 Å². The predicted molar refractivity (Wildman–Crippen MR) is 152 cm³/mol. The van der Waals surface area contributed by atoms with Crippen LogP contribution in [-0.4, -0.2) is 54.7 Å². The molecule has 0 saturated carbocycles. The van der Waals surface area contributed by atoms with E-state index >= 15 is 0 Å². The molecule has 204 valence electrons. The summed E-state index contributed by atoms with van der Waals surface area (Å²) in [5, 5.41) is 3.04. The van der Waals surface area contributed by atoms with E-state index in [-0.39, 0.29) is 30.1 Å². The Morgan fingerprint density at radius 1 is 1.22 bits per heavy atom. The van der Waals surface area contributed by atoms with Gasteiger partial charge in [0.1, 0.15) is 12.2 Å². The molecule has 2 bridgehead atoms.